The molecule has 2 nitrogen and oxygen atoms in total. The molecule has 2 rings (SSSR count). The first-order valence-corrected chi connectivity index (χ1v) is 6.29. The van der Waals surface area contributed by atoms with Crippen molar-refractivity contribution >= 4 is 33.2 Å². The van der Waals surface area contributed by atoms with E-state index in [0.29, 0.717) is 6.54 Å². The van der Waals surface area contributed by atoms with E-state index in [1.165, 1.54) is 4.88 Å². The highest BCUT2D eigenvalue weighted by molar-refractivity contribution is 9.10. The summed E-state index contributed by atoms with van der Waals surface area (Å²) in [4.78, 5) is 12.8. The van der Waals surface area contributed by atoms with Crippen LogP contribution in [0.25, 0.3) is 0 Å². The largest absolute Gasteiger partial charge is 0.351 e. The third kappa shape index (κ3) is 2.17. The van der Waals surface area contributed by atoms with Gasteiger partial charge in [0.15, 0.2) is 0 Å². The van der Waals surface area contributed by atoms with E-state index < -0.39 is 0 Å². The van der Waals surface area contributed by atoms with Crippen molar-refractivity contribution in [2.45, 2.75) is 26.3 Å². The second-order valence-electron chi connectivity index (χ2n) is 3.97. The molecule has 1 heterocycles. The molecule has 1 saturated carbocycles. The number of nitrogens with one attached hydrogen (secondary N) is 1. The normalized spacial score (nSPS) is 17.9. The van der Waals surface area contributed by atoms with Gasteiger partial charge in [0.1, 0.15) is 0 Å². The molecule has 0 aliphatic heterocycles. The Kier molecular flexibility index (Phi) is 2.66. The van der Waals surface area contributed by atoms with Gasteiger partial charge in [-0.2, -0.15) is 0 Å². The van der Waals surface area contributed by atoms with Gasteiger partial charge in [-0.25, -0.2) is 0 Å². The standard InChI is InChI=1S/C10H12BrNOS/c1-10(2-3-10)9(13)12-5-8-4-7(11)6-14-8/h4,6H,2-3,5H2,1H3,(H,12,13). The van der Waals surface area contributed by atoms with Gasteiger partial charge in [0.25, 0.3) is 0 Å². The lowest BCUT2D eigenvalue weighted by molar-refractivity contribution is -0.125. The van der Waals surface area contributed by atoms with Crippen LogP contribution in [0.5, 0.6) is 0 Å². The lowest BCUT2D eigenvalue weighted by Crippen LogP contribution is -2.29. The van der Waals surface area contributed by atoms with Crippen LogP contribution in [0.4, 0.5) is 0 Å². The fourth-order valence-corrected chi connectivity index (χ4v) is 2.63. The number of carbonyl (C=O) groups excluding carboxylic acids is 1. The monoisotopic (exact) mass is 273 g/mol. The van der Waals surface area contributed by atoms with Gasteiger partial charge >= 0.3 is 0 Å². The maximum Gasteiger partial charge on any atom is 0.226 e. The summed E-state index contributed by atoms with van der Waals surface area (Å²) in [6.07, 6.45) is 2.07. The quantitative estimate of drug-likeness (QED) is 0.902. The summed E-state index contributed by atoms with van der Waals surface area (Å²) in [6.45, 7) is 2.68. The molecule has 1 amide bonds. The molecule has 1 N–H and O–H groups in total. The molecule has 4 heteroatoms. The van der Waals surface area contributed by atoms with Crippen molar-refractivity contribution in [2.24, 2.45) is 5.41 Å². The van der Waals surface area contributed by atoms with Crippen LogP contribution in [0.2, 0.25) is 0 Å². The maximum atomic E-state index is 11.6. The van der Waals surface area contributed by atoms with Crippen LogP contribution in [0, 0.1) is 5.41 Å². The van der Waals surface area contributed by atoms with Crippen LogP contribution in [-0.4, -0.2) is 5.91 Å². The molecule has 1 fully saturated rings. The van der Waals surface area contributed by atoms with Crippen LogP contribution < -0.4 is 5.32 Å². The lowest BCUT2D eigenvalue weighted by Gasteiger charge is -2.08. The van der Waals surface area contributed by atoms with Crippen molar-refractivity contribution in [2.75, 3.05) is 0 Å². The molecule has 1 aliphatic carbocycles. The number of hydrogen-bond acceptors (Lipinski definition) is 2. The zero-order valence-corrected chi connectivity index (χ0v) is 10.4. The van der Waals surface area contributed by atoms with Crippen molar-refractivity contribution in [3.8, 4) is 0 Å². The van der Waals surface area contributed by atoms with E-state index in [0.717, 1.165) is 17.3 Å². The van der Waals surface area contributed by atoms with Gasteiger partial charge < -0.3 is 5.32 Å². The summed E-state index contributed by atoms with van der Waals surface area (Å²) in [6, 6.07) is 2.04. The molecule has 1 aromatic rings. The predicted octanol–water partition coefficient (Wildman–Crippen LogP) is 2.93. The van der Waals surface area contributed by atoms with E-state index in [4.69, 9.17) is 0 Å². The smallest absolute Gasteiger partial charge is 0.226 e. The number of halogens is 1. The summed E-state index contributed by atoms with van der Waals surface area (Å²) in [5, 5.41) is 4.99. The minimum absolute atomic E-state index is 0.0610. The van der Waals surface area contributed by atoms with Gasteiger partial charge in [0, 0.05) is 20.1 Å². The highest BCUT2D eigenvalue weighted by Gasteiger charge is 2.44. The van der Waals surface area contributed by atoms with E-state index in [2.05, 4.69) is 21.2 Å². The van der Waals surface area contributed by atoms with Crippen molar-refractivity contribution in [3.05, 3.63) is 20.8 Å². The molecule has 14 heavy (non-hydrogen) atoms. The highest BCUT2D eigenvalue weighted by atomic mass is 79.9. The molecule has 0 radical (unpaired) electrons. The van der Waals surface area contributed by atoms with Crippen LogP contribution >= 0.6 is 27.3 Å². The zero-order chi connectivity index (χ0) is 10.2. The second-order valence-corrected chi connectivity index (χ2v) is 5.89. The molecule has 0 aromatic carbocycles. The zero-order valence-electron chi connectivity index (χ0n) is 7.97. The Morgan fingerprint density at radius 3 is 2.93 bits per heavy atom. The number of carbonyl (C=O) groups is 1. The summed E-state index contributed by atoms with van der Waals surface area (Å²) < 4.78 is 1.09. The van der Waals surface area contributed by atoms with E-state index in [9.17, 15) is 4.79 Å². The molecule has 0 spiro atoms. The molecule has 76 valence electrons. The molecule has 0 saturated heterocycles. The molecule has 0 atom stereocenters. The topological polar surface area (TPSA) is 29.1 Å². The fraction of sp³-hybridized carbons (Fsp3) is 0.500. The van der Waals surface area contributed by atoms with Gasteiger partial charge in [-0.05, 0) is 34.8 Å². The fourth-order valence-electron chi connectivity index (χ4n) is 1.24. The molecule has 1 aliphatic rings. The Morgan fingerprint density at radius 2 is 2.43 bits per heavy atom. The van der Waals surface area contributed by atoms with Crippen LogP contribution in [0.15, 0.2) is 15.9 Å². The van der Waals surface area contributed by atoms with Gasteiger partial charge in [0.05, 0.1) is 6.54 Å². The first-order valence-electron chi connectivity index (χ1n) is 4.61. The minimum atomic E-state index is -0.0610. The summed E-state index contributed by atoms with van der Waals surface area (Å²) in [5.41, 5.74) is -0.0610. The average Bonchev–Trinajstić information content (AvgIpc) is 2.76. The van der Waals surface area contributed by atoms with Gasteiger partial charge in [-0.15, -0.1) is 11.3 Å². The molecule has 0 bridgehead atoms. The highest BCUT2D eigenvalue weighted by Crippen LogP contribution is 2.45. The SMILES string of the molecule is CC1(C(=O)NCc2cc(Br)cs2)CC1. The Morgan fingerprint density at radius 1 is 1.71 bits per heavy atom. The maximum absolute atomic E-state index is 11.6. The third-order valence-electron chi connectivity index (χ3n) is 2.59. The van der Waals surface area contributed by atoms with Crippen LogP contribution in [0.1, 0.15) is 24.6 Å². The van der Waals surface area contributed by atoms with E-state index in [1.54, 1.807) is 11.3 Å². The Hall–Kier alpha value is -0.350. The Labute approximate surface area is 95.8 Å². The average molecular weight is 274 g/mol. The summed E-state index contributed by atoms with van der Waals surface area (Å²) in [5.74, 6) is 0.196. The lowest BCUT2D eigenvalue weighted by atomic mass is 10.1. The van der Waals surface area contributed by atoms with Crippen molar-refractivity contribution in [1.82, 2.24) is 5.32 Å². The Balaban J connectivity index is 1.85. The van der Waals surface area contributed by atoms with Gasteiger partial charge in [-0.1, -0.05) is 6.92 Å². The first-order chi connectivity index (χ1) is 6.60. The number of thiophene rings is 1. The van der Waals surface area contributed by atoms with Crippen molar-refractivity contribution < 1.29 is 4.79 Å². The molecular formula is C10H12BrNOS. The predicted molar refractivity (Wildman–Crippen MR) is 61.2 cm³/mol. The van der Waals surface area contributed by atoms with Crippen molar-refractivity contribution in [3.63, 3.8) is 0 Å². The summed E-state index contributed by atoms with van der Waals surface area (Å²) >= 11 is 5.05. The van der Waals surface area contributed by atoms with Crippen LogP contribution in [0.3, 0.4) is 0 Å². The van der Waals surface area contributed by atoms with E-state index in [1.807, 2.05) is 18.4 Å². The Bertz CT molecular complexity index is 357. The third-order valence-corrected chi connectivity index (χ3v) is 4.29. The molecule has 0 unspecified atom stereocenters. The van der Waals surface area contributed by atoms with Gasteiger partial charge in [0.2, 0.25) is 5.91 Å². The van der Waals surface area contributed by atoms with Crippen LogP contribution in [-0.2, 0) is 11.3 Å². The second kappa shape index (κ2) is 3.66. The summed E-state index contributed by atoms with van der Waals surface area (Å²) in [7, 11) is 0. The van der Waals surface area contributed by atoms with Gasteiger partial charge in [-0.3, -0.25) is 4.79 Å². The number of amides is 1. The number of hydrogen-bond donors (Lipinski definition) is 1. The first kappa shape index (κ1) is 10.2. The minimum Gasteiger partial charge on any atom is -0.351 e. The van der Waals surface area contributed by atoms with E-state index in [-0.39, 0.29) is 11.3 Å². The number of rotatable bonds is 3. The molecular weight excluding hydrogens is 262 g/mol. The molecule has 1 aromatic heterocycles. The van der Waals surface area contributed by atoms with E-state index >= 15 is 0 Å². The van der Waals surface area contributed by atoms with Crippen molar-refractivity contribution in [1.29, 1.82) is 0 Å².